The van der Waals surface area contributed by atoms with Gasteiger partial charge in [0.2, 0.25) is 0 Å². The van der Waals surface area contributed by atoms with Crippen LogP contribution < -0.4 is 5.73 Å². The van der Waals surface area contributed by atoms with Gasteiger partial charge >= 0.3 is 0 Å². The Morgan fingerprint density at radius 1 is 1.32 bits per heavy atom. The molecule has 0 amide bonds. The van der Waals surface area contributed by atoms with Crippen LogP contribution >= 0.6 is 0 Å². The van der Waals surface area contributed by atoms with Crippen LogP contribution in [0.5, 0.6) is 0 Å². The minimum Gasteiger partial charge on any atom is -0.380 e. The van der Waals surface area contributed by atoms with Crippen molar-refractivity contribution >= 4 is 5.69 Å². The number of nitro groups is 1. The number of nitro benzene ring substituents is 1. The zero-order valence-electron chi connectivity index (χ0n) is 10.9. The summed E-state index contributed by atoms with van der Waals surface area (Å²) in [6.07, 6.45) is 2.01. The normalized spacial score (nSPS) is 22.0. The number of methoxy groups -OCH3 is 1. The first-order valence-corrected chi connectivity index (χ1v) is 6.23. The lowest BCUT2D eigenvalue weighted by Gasteiger charge is -2.33. The molecule has 2 atom stereocenters. The Kier molecular flexibility index (Phi) is 4.47. The van der Waals surface area contributed by atoms with Gasteiger partial charge in [0.05, 0.1) is 24.2 Å². The number of ether oxygens (including phenoxy) is 2. The highest BCUT2D eigenvalue weighted by Crippen LogP contribution is 2.24. The molecule has 2 N–H and O–H groups in total. The van der Waals surface area contributed by atoms with E-state index in [1.54, 1.807) is 7.11 Å². The van der Waals surface area contributed by atoms with Crippen molar-refractivity contribution in [2.45, 2.75) is 38.2 Å². The van der Waals surface area contributed by atoms with E-state index in [0.717, 1.165) is 24.0 Å². The SMILES string of the molecule is COCc1cc(CO[C@@H]2CC[C@H]2N)cc([N+](=O)[O-])c1. The van der Waals surface area contributed by atoms with Crippen LogP contribution in [0.2, 0.25) is 0 Å². The molecule has 1 saturated carbocycles. The number of hydrogen-bond donors (Lipinski definition) is 1. The van der Waals surface area contributed by atoms with Crippen LogP contribution in [0.15, 0.2) is 18.2 Å². The standard InChI is InChI=1S/C13H18N2O4/c1-18-7-9-4-10(6-11(5-9)15(16)17)8-19-13-3-2-12(13)14/h4-6,12-13H,2-3,7-8,14H2,1H3/t12-,13-/m1/s1. The summed E-state index contributed by atoms with van der Waals surface area (Å²) >= 11 is 0. The van der Waals surface area contributed by atoms with Crippen molar-refractivity contribution in [1.82, 2.24) is 0 Å². The third kappa shape index (κ3) is 3.50. The van der Waals surface area contributed by atoms with Crippen LogP contribution in [0.4, 0.5) is 5.69 Å². The molecule has 0 saturated heterocycles. The molecule has 1 aliphatic rings. The summed E-state index contributed by atoms with van der Waals surface area (Å²) in [5.41, 5.74) is 7.40. The first-order chi connectivity index (χ1) is 9.10. The molecule has 0 spiro atoms. The third-order valence-electron chi connectivity index (χ3n) is 3.29. The molecule has 1 aromatic rings. The van der Waals surface area contributed by atoms with Gasteiger partial charge in [-0.3, -0.25) is 10.1 Å². The number of rotatable bonds is 6. The van der Waals surface area contributed by atoms with Crippen molar-refractivity contribution in [3.8, 4) is 0 Å². The average molecular weight is 266 g/mol. The molecule has 1 aliphatic carbocycles. The molecular formula is C13H18N2O4. The fourth-order valence-corrected chi connectivity index (χ4v) is 2.09. The Labute approximate surface area is 111 Å². The van der Waals surface area contributed by atoms with E-state index < -0.39 is 4.92 Å². The maximum Gasteiger partial charge on any atom is 0.270 e. The monoisotopic (exact) mass is 266 g/mol. The maximum absolute atomic E-state index is 10.9. The number of non-ortho nitro benzene ring substituents is 1. The number of benzene rings is 1. The van der Waals surface area contributed by atoms with Crippen LogP contribution in [-0.4, -0.2) is 24.2 Å². The van der Waals surface area contributed by atoms with E-state index in [-0.39, 0.29) is 17.8 Å². The predicted octanol–water partition coefficient (Wildman–Crippen LogP) is 1.75. The van der Waals surface area contributed by atoms with Gasteiger partial charge in [0.1, 0.15) is 0 Å². The molecule has 6 nitrogen and oxygen atoms in total. The highest BCUT2D eigenvalue weighted by Gasteiger charge is 2.28. The van der Waals surface area contributed by atoms with Crippen molar-refractivity contribution in [2.24, 2.45) is 5.73 Å². The van der Waals surface area contributed by atoms with E-state index in [4.69, 9.17) is 15.2 Å². The second-order valence-electron chi connectivity index (χ2n) is 4.79. The lowest BCUT2D eigenvalue weighted by molar-refractivity contribution is -0.385. The minimum atomic E-state index is -0.405. The highest BCUT2D eigenvalue weighted by atomic mass is 16.6. The fourth-order valence-electron chi connectivity index (χ4n) is 2.09. The molecule has 1 fully saturated rings. The van der Waals surface area contributed by atoms with E-state index in [0.29, 0.717) is 13.2 Å². The van der Waals surface area contributed by atoms with E-state index in [1.807, 2.05) is 6.07 Å². The molecule has 0 unspecified atom stereocenters. The van der Waals surface area contributed by atoms with Crippen LogP contribution in [0.1, 0.15) is 24.0 Å². The Morgan fingerprint density at radius 3 is 2.47 bits per heavy atom. The topological polar surface area (TPSA) is 87.6 Å². The van der Waals surface area contributed by atoms with Crippen molar-refractivity contribution < 1.29 is 14.4 Å². The van der Waals surface area contributed by atoms with Gasteiger partial charge in [-0.2, -0.15) is 0 Å². The quantitative estimate of drug-likeness (QED) is 0.626. The molecule has 0 heterocycles. The first-order valence-electron chi connectivity index (χ1n) is 6.23. The number of nitrogens with zero attached hydrogens (tertiary/aromatic N) is 1. The van der Waals surface area contributed by atoms with Crippen LogP contribution in [0.25, 0.3) is 0 Å². The Bertz CT molecular complexity index is 464. The van der Waals surface area contributed by atoms with Gasteiger partial charge in [-0.25, -0.2) is 0 Å². The third-order valence-corrected chi connectivity index (χ3v) is 3.29. The van der Waals surface area contributed by atoms with Gasteiger partial charge in [0.25, 0.3) is 5.69 Å². The molecule has 0 bridgehead atoms. The Morgan fingerprint density at radius 2 is 2.00 bits per heavy atom. The summed E-state index contributed by atoms with van der Waals surface area (Å²) < 4.78 is 10.7. The smallest absolute Gasteiger partial charge is 0.270 e. The zero-order valence-corrected chi connectivity index (χ0v) is 10.9. The molecular weight excluding hydrogens is 248 g/mol. The minimum absolute atomic E-state index is 0.0612. The first kappa shape index (κ1) is 13.9. The number of hydrogen-bond acceptors (Lipinski definition) is 5. The van der Waals surface area contributed by atoms with E-state index >= 15 is 0 Å². The summed E-state index contributed by atoms with van der Waals surface area (Å²) in [4.78, 5) is 10.5. The average Bonchev–Trinajstić information content (AvgIpc) is 2.37. The van der Waals surface area contributed by atoms with E-state index in [9.17, 15) is 10.1 Å². The van der Waals surface area contributed by atoms with Gasteiger partial charge in [-0.1, -0.05) is 6.07 Å². The molecule has 0 aliphatic heterocycles. The fraction of sp³-hybridized carbons (Fsp3) is 0.538. The van der Waals surface area contributed by atoms with Gasteiger partial charge in [0, 0.05) is 25.3 Å². The lowest BCUT2D eigenvalue weighted by Crippen LogP contribution is -2.45. The Hall–Kier alpha value is -1.50. The highest BCUT2D eigenvalue weighted by molar-refractivity contribution is 5.39. The summed E-state index contributed by atoms with van der Waals surface area (Å²) in [6, 6.07) is 5.00. The van der Waals surface area contributed by atoms with Crippen molar-refractivity contribution in [3.63, 3.8) is 0 Å². The summed E-state index contributed by atoms with van der Waals surface area (Å²) in [7, 11) is 1.56. The van der Waals surface area contributed by atoms with Crippen molar-refractivity contribution in [3.05, 3.63) is 39.4 Å². The zero-order chi connectivity index (χ0) is 13.8. The van der Waals surface area contributed by atoms with Gasteiger partial charge in [-0.05, 0) is 24.0 Å². The van der Waals surface area contributed by atoms with Crippen molar-refractivity contribution in [2.75, 3.05) is 7.11 Å². The molecule has 19 heavy (non-hydrogen) atoms. The van der Waals surface area contributed by atoms with E-state index in [1.165, 1.54) is 12.1 Å². The van der Waals surface area contributed by atoms with Crippen LogP contribution in [0, 0.1) is 10.1 Å². The van der Waals surface area contributed by atoms with Gasteiger partial charge in [0.15, 0.2) is 0 Å². The van der Waals surface area contributed by atoms with Crippen LogP contribution in [-0.2, 0) is 22.7 Å². The molecule has 0 aromatic heterocycles. The second-order valence-corrected chi connectivity index (χ2v) is 4.79. The summed E-state index contributed by atoms with van der Waals surface area (Å²) in [6.45, 7) is 0.689. The molecule has 104 valence electrons. The molecule has 1 aromatic carbocycles. The lowest BCUT2D eigenvalue weighted by atomic mass is 9.90. The molecule has 2 rings (SSSR count). The van der Waals surface area contributed by atoms with Gasteiger partial charge < -0.3 is 15.2 Å². The Balaban J connectivity index is 2.07. The largest absolute Gasteiger partial charge is 0.380 e. The maximum atomic E-state index is 10.9. The predicted molar refractivity (Wildman–Crippen MR) is 69.6 cm³/mol. The molecule has 0 radical (unpaired) electrons. The second kappa shape index (κ2) is 6.10. The summed E-state index contributed by atoms with van der Waals surface area (Å²) in [5.74, 6) is 0. The number of nitrogens with two attached hydrogens (primary N) is 1. The molecule has 6 heteroatoms. The van der Waals surface area contributed by atoms with Crippen molar-refractivity contribution in [1.29, 1.82) is 0 Å². The summed E-state index contributed by atoms with van der Waals surface area (Å²) in [5, 5.41) is 10.9. The van der Waals surface area contributed by atoms with E-state index in [2.05, 4.69) is 0 Å². The van der Waals surface area contributed by atoms with Crippen LogP contribution in [0.3, 0.4) is 0 Å². The van der Waals surface area contributed by atoms with Gasteiger partial charge in [-0.15, -0.1) is 0 Å².